The van der Waals surface area contributed by atoms with Crippen LogP contribution in [0.3, 0.4) is 0 Å². The summed E-state index contributed by atoms with van der Waals surface area (Å²) in [7, 11) is 0. The zero-order valence-corrected chi connectivity index (χ0v) is 13.7. The molecule has 138 valence electrons. The topological polar surface area (TPSA) is 112 Å². The molecule has 1 fully saturated rings. The van der Waals surface area contributed by atoms with Crippen molar-refractivity contribution in [2.75, 3.05) is 5.32 Å². The van der Waals surface area contributed by atoms with E-state index in [2.05, 4.69) is 20.1 Å². The van der Waals surface area contributed by atoms with Crippen molar-refractivity contribution in [1.29, 1.82) is 0 Å². The minimum atomic E-state index is -2.96. The van der Waals surface area contributed by atoms with E-state index in [1.807, 2.05) is 0 Å². The molecule has 0 radical (unpaired) electrons. The van der Waals surface area contributed by atoms with Gasteiger partial charge in [-0.2, -0.15) is 13.9 Å². The molecule has 3 rings (SSSR count). The highest BCUT2D eigenvalue weighted by Crippen LogP contribution is 2.28. The number of alkyl halides is 2. The number of nitrogens with one attached hydrogen (secondary N) is 1. The van der Waals surface area contributed by atoms with Crippen LogP contribution in [-0.2, 0) is 4.79 Å². The quantitative estimate of drug-likeness (QED) is 0.813. The highest BCUT2D eigenvalue weighted by Gasteiger charge is 2.23. The number of Topliss-reactive ketones (excluding diaryl/α,β-unsaturated/α-hetero) is 1. The number of pyridine rings is 1. The lowest BCUT2D eigenvalue weighted by atomic mass is 9.94. The van der Waals surface area contributed by atoms with Crippen LogP contribution in [0.1, 0.15) is 42.1 Å². The van der Waals surface area contributed by atoms with Crippen LogP contribution >= 0.6 is 0 Å². The summed E-state index contributed by atoms with van der Waals surface area (Å²) >= 11 is 0. The van der Waals surface area contributed by atoms with Crippen molar-refractivity contribution < 1.29 is 23.1 Å². The van der Waals surface area contributed by atoms with E-state index in [0.717, 1.165) is 0 Å². The van der Waals surface area contributed by atoms with E-state index in [4.69, 9.17) is 5.73 Å². The van der Waals surface area contributed by atoms with E-state index in [1.165, 1.54) is 18.3 Å². The first-order valence-corrected chi connectivity index (χ1v) is 8.01. The number of primary amides is 1. The van der Waals surface area contributed by atoms with Crippen molar-refractivity contribution >= 4 is 23.2 Å². The first-order valence-electron chi connectivity index (χ1n) is 8.01. The van der Waals surface area contributed by atoms with Gasteiger partial charge in [-0.25, -0.2) is 4.98 Å². The third kappa shape index (κ3) is 4.13. The largest absolute Gasteiger partial charge is 0.417 e. The second-order valence-electron chi connectivity index (χ2n) is 5.89. The standard InChI is InChI=1S/C16H17F2N5O3/c17-16(18)26-13-6-1-9(7-20-13)21-15-12(14(19)25)8-23(22-15)10-2-4-11(24)5-3-10/h1,6-8,10,16H,2-5H2,(H2,19,25)(H,21,22). The molecule has 1 saturated carbocycles. The molecule has 2 aromatic heterocycles. The van der Waals surface area contributed by atoms with Crippen LogP contribution in [-0.4, -0.2) is 33.1 Å². The lowest BCUT2D eigenvalue weighted by Gasteiger charge is -2.21. The Balaban J connectivity index is 1.78. The fraction of sp³-hybridized carbons (Fsp3) is 0.375. The number of halogens is 2. The number of carbonyl (C=O) groups excluding carboxylic acids is 2. The first kappa shape index (κ1) is 17.8. The molecule has 0 atom stereocenters. The normalized spacial score (nSPS) is 15.3. The van der Waals surface area contributed by atoms with Crippen molar-refractivity contribution in [3.8, 4) is 5.88 Å². The van der Waals surface area contributed by atoms with Crippen molar-refractivity contribution in [2.24, 2.45) is 5.73 Å². The Morgan fingerprint density at radius 1 is 1.35 bits per heavy atom. The van der Waals surface area contributed by atoms with Gasteiger partial charge in [-0.05, 0) is 18.9 Å². The third-order valence-corrected chi connectivity index (χ3v) is 4.09. The maximum atomic E-state index is 12.2. The van der Waals surface area contributed by atoms with E-state index < -0.39 is 12.5 Å². The van der Waals surface area contributed by atoms with Crippen LogP contribution in [0.25, 0.3) is 0 Å². The van der Waals surface area contributed by atoms with Gasteiger partial charge in [0.15, 0.2) is 5.82 Å². The molecule has 1 aliphatic rings. The molecule has 26 heavy (non-hydrogen) atoms. The van der Waals surface area contributed by atoms with Gasteiger partial charge in [-0.3, -0.25) is 14.3 Å². The maximum Gasteiger partial charge on any atom is 0.388 e. The van der Waals surface area contributed by atoms with Gasteiger partial charge in [0.1, 0.15) is 11.3 Å². The van der Waals surface area contributed by atoms with Crippen LogP contribution in [0.5, 0.6) is 5.88 Å². The number of amides is 1. The molecule has 1 amide bonds. The summed E-state index contributed by atoms with van der Waals surface area (Å²) in [5, 5.41) is 7.26. The summed E-state index contributed by atoms with van der Waals surface area (Å²) < 4.78 is 30.1. The smallest absolute Gasteiger partial charge is 0.388 e. The number of ketones is 1. The Morgan fingerprint density at radius 2 is 2.08 bits per heavy atom. The number of ether oxygens (including phenoxy) is 1. The van der Waals surface area contributed by atoms with Gasteiger partial charge in [0, 0.05) is 25.1 Å². The number of nitrogens with zero attached hydrogens (tertiary/aromatic N) is 3. The zero-order valence-electron chi connectivity index (χ0n) is 13.7. The Bertz CT molecular complexity index is 797. The van der Waals surface area contributed by atoms with Crippen molar-refractivity contribution in [3.05, 3.63) is 30.1 Å². The van der Waals surface area contributed by atoms with Gasteiger partial charge in [-0.15, -0.1) is 0 Å². The van der Waals surface area contributed by atoms with E-state index >= 15 is 0 Å². The maximum absolute atomic E-state index is 12.2. The number of anilines is 2. The monoisotopic (exact) mass is 365 g/mol. The molecule has 1 aliphatic carbocycles. The van der Waals surface area contributed by atoms with Gasteiger partial charge in [0.05, 0.1) is 17.9 Å². The predicted molar refractivity (Wildman–Crippen MR) is 87.4 cm³/mol. The predicted octanol–water partition coefficient (Wildman–Crippen LogP) is 2.41. The second kappa shape index (κ2) is 7.46. The number of rotatable bonds is 6. The third-order valence-electron chi connectivity index (χ3n) is 4.09. The molecule has 2 aromatic rings. The summed E-state index contributed by atoms with van der Waals surface area (Å²) in [6.07, 6.45) is 5.09. The fourth-order valence-corrected chi connectivity index (χ4v) is 2.79. The van der Waals surface area contributed by atoms with Gasteiger partial charge in [-0.1, -0.05) is 0 Å². The molecular weight excluding hydrogens is 348 g/mol. The van der Waals surface area contributed by atoms with E-state index in [0.29, 0.717) is 31.4 Å². The molecule has 0 aromatic carbocycles. The molecule has 3 N–H and O–H groups in total. The summed E-state index contributed by atoms with van der Waals surface area (Å²) in [4.78, 5) is 26.8. The molecule has 0 spiro atoms. The van der Waals surface area contributed by atoms with E-state index in [-0.39, 0.29) is 29.1 Å². The number of hydrogen-bond donors (Lipinski definition) is 2. The van der Waals surface area contributed by atoms with Crippen molar-refractivity contribution in [1.82, 2.24) is 14.8 Å². The lowest BCUT2D eigenvalue weighted by Crippen LogP contribution is -2.18. The van der Waals surface area contributed by atoms with Crippen LogP contribution in [0.2, 0.25) is 0 Å². The Hall–Kier alpha value is -3.04. The average molecular weight is 365 g/mol. The molecule has 0 saturated heterocycles. The minimum Gasteiger partial charge on any atom is -0.417 e. The Labute approximate surface area is 147 Å². The molecule has 0 bridgehead atoms. The highest BCUT2D eigenvalue weighted by atomic mass is 19.3. The van der Waals surface area contributed by atoms with Gasteiger partial charge in [0.25, 0.3) is 5.91 Å². The zero-order chi connectivity index (χ0) is 18.7. The van der Waals surface area contributed by atoms with Crippen LogP contribution in [0, 0.1) is 0 Å². The van der Waals surface area contributed by atoms with Gasteiger partial charge >= 0.3 is 6.61 Å². The number of nitrogens with two attached hydrogens (primary N) is 1. The van der Waals surface area contributed by atoms with E-state index in [9.17, 15) is 18.4 Å². The van der Waals surface area contributed by atoms with Crippen molar-refractivity contribution in [2.45, 2.75) is 38.3 Å². The summed E-state index contributed by atoms with van der Waals surface area (Å²) in [5.41, 5.74) is 6.03. The molecule has 2 heterocycles. The summed E-state index contributed by atoms with van der Waals surface area (Å²) in [6.45, 7) is -2.96. The number of aromatic nitrogens is 3. The highest BCUT2D eigenvalue weighted by molar-refractivity contribution is 5.98. The Kier molecular flexibility index (Phi) is 5.10. The Morgan fingerprint density at radius 3 is 2.65 bits per heavy atom. The molecule has 0 aliphatic heterocycles. The van der Waals surface area contributed by atoms with Gasteiger partial charge < -0.3 is 15.8 Å². The lowest BCUT2D eigenvalue weighted by molar-refractivity contribution is -0.120. The van der Waals surface area contributed by atoms with Gasteiger partial charge in [0.2, 0.25) is 5.88 Å². The molecule has 0 unspecified atom stereocenters. The molecular formula is C16H17F2N5O3. The number of carbonyl (C=O) groups is 2. The van der Waals surface area contributed by atoms with Crippen molar-refractivity contribution in [3.63, 3.8) is 0 Å². The van der Waals surface area contributed by atoms with E-state index in [1.54, 1.807) is 10.9 Å². The SMILES string of the molecule is NC(=O)c1cn(C2CCC(=O)CC2)nc1Nc1ccc(OC(F)F)nc1. The summed E-state index contributed by atoms with van der Waals surface area (Å²) in [5.74, 6) is -0.424. The molecule has 8 nitrogen and oxygen atoms in total. The number of hydrogen-bond acceptors (Lipinski definition) is 6. The molecule has 10 heteroatoms. The van der Waals surface area contributed by atoms with Crippen LogP contribution in [0.4, 0.5) is 20.3 Å². The minimum absolute atomic E-state index is 0.0151. The van der Waals surface area contributed by atoms with Crippen LogP contribution in [0.15, 0.2) is 24.5 Å². The first-order chi connectivity index (χ1) is 12.4. The fourth-order valence-electron chi connectivity index (χ4n) is 2.79. The average Bonchev–Trinajstić information content (AvgIpc) is 3.01. The van der Waals surface area contributed by atoms with Crippen LogP contribution < -0.4 is 15.8 Å². The second-order valence-corrected chi connectivity index (χ2v) is 5.89. The summed E-state index contributed by atoms with van der Waals surface area (Å²) in [6, 6.07) is 2.75.